The minimum atomic E-state index is -3.10. The number of rotatable bonds is 5. The second kappa shape index (κ2) is 8.29. The van der Waals surface area contributed by atoms with Gasteiger partial charge in [-0.2, -0.15) is 0 Å². The lowest BCUT2D eigenvalue weighted by Gasteiger charge is -2.38. The van der Waals surface area contributed by atoms with Crippen LogP contribution in [-0.2, 0) is 0 Å². The summed E-state index contributed by atoms with van der Waals surface area (Å²) in [6.45, 7) is -0.375. The number of halogens is 2. The van der Waals surface area contributed by atoms with Gasteiger partial charge in [0.1, 0.15) is 0 Å². The highest BCUT2D eigenvalue weighted by Crippen LogP contribution is 2.33. The fraction of sp³-hybridized carbons (Fsp3) is 0.261. The van der Waals surface area contributed by atoms with Crippen molar-refractivity contribution in [1.82, 2.24) is 9.88 Å². The molecule has 1 unspecified atom stereocenters. The molecule has 2 heterocycles. The van der Waals surface area contributed by atoms with Gasteiger partial charge in [0.05, 0.1) is 17.6 Å². The molecule has 0 aliphatic carbocycles. The highest BCUT2D eigenvalue weighted by Gasteiger charge is 2.47. The van der Waals surface area contributed by atoms with Gasteiger partial charge in [-0.15, -0.1) is 0 Å². The highest BCUT2D eigenvalue weighted by atomic mass is 19.3. The van der Waals surface area contributed by atoms with Crippen molar-refractivity contribution in [3.8, 4) is 5.88 Å². The molecule has 2 N–H and O–H groups in total. The summed E-state index contributed by atoms with van der Waals surface area (Å²) < 4.78 is 34.9. The second-order valence-electron chi connectivity index (χ2n) is 7.37. The van der Waals surface area contributed by atoms with E-state index in [1.54, 1.807) is 43.4 Å². The summed E-state index contributed by atoms with van der Waals surface area (Å²) in [7, 11) is 1.69. The van der Waals surface area contributed by atoms with Crippen LogP contribution in [0.2, 0.25) is 0 Å². The minimum Gasteiger partial charge on any atom is -0.466 e. The summed E-state index contributed by atoms with van der Waals surface area (Å²) in [6, 6.07) is 15.7. The second-order valence-corrected chi connectivity index (χ2v) is 7.37. The largest absolute Gasteiger partial charge is 0.466 e. The Morgan fingerprint density at radius 3 is 2.81 bits per heavy atom. The van der Waals surface area contributed by atoms with Crippen LogP contribution in [0.1, 0.15) is 22.3 Å². The van der Waals surface area contributed by atoms with E-state index in [4.69, 9.17) is 10.1 Å². The Morgan fingerprint density at radius 1 is 1.23 bits per heavy atom. The first-order valence-electron chi connectivity index (χ1n) is 9.94. The number of likely N-dealkylation sites (tertiary alicyclic amines) is 1. The summed E-state index contributed by atoms with van der Waals surface area (Å²) >= 11 is 0. The van der Waals surface area contributed by atoms with Crippen molar-refractivity contribution in [1.29, 1.82) is 5.41 Å². The molecule has 4 rings (SSSR count). The fourth-order valence-corrected chi connectivity index (χ4v) is 3.73. The van der Waals surface area contributed by atoms with Crippen molar-refractivity contribution in [3.05, 3.63) is 65.7 Å². The Morgan fingerprint density at radius 2 is 2.03 bits per heavy atom. The number of ether oxygens (including phenoxy) is 1. The van der Waals surface area contributed by atoms with Crippen molar-refractivity contribution in [2.75, 3.05) is 25.5 Å². The number of carbonyl (C=O) groups excluding carboxylic acids is 1. The van der Waals surface area contributed by atoms with E-state index in [0.29, 0.717) is 16.8 Å². The van der Waals surface area contributed by atoms with E-state index in [9.17, 15) is 13.6 Å². The zero-order chi connectivity index (χ0) is 22.0. The summed E-state index contributed by atoms with van der Waals surface area (Å²) in [5.41, 5.74) is 1.97. The molecule has 160 valence electrons. The maximum atomic E-state index is 14.6. The molecule has 1 aliphatic heterocycles. The van der Waals surface area contributed by atoms with E-state index in [-0.39, 0.29) is 24.5 Å². The average molecular weight is 424 g/mol. The van der Waals surface area contributed by atoms with Crippen LogP contribution >= 0.6 is 0 Å². The molecule has 8 heteroatoms. The predicted molar refractivity (Wildman–Crippen MR) is 116 cm³/mol. The van der Waals surface area contributed by atoms with Crippen LogP contribution in [0.5, 0.6) is 5.88 Å². The van der Waals surface area contributed by atoms with Crippen LogP contribution in [0.3, 0.4) is 0 Å². The van der Waals surface area contributed by atoms with Gasteiger partial charge in [0, 0.05) is 48.9 Å². The monoisotopic (exact) mass is 424 g/mol. The molecule has 0 spiro atoms. The highest BCUT2D eigenvalue weighted by molar-refractivity contribution is 6.05. The van der Waals surface area contributed by atoms with E-state index < -0.39 is 24.4 Å². The molecule has 2 aromatic carbocycles. The Balaban J connectivity index is 1.58. The molecular formula is C23H22F2N4O2. The molecule has 0 bridgehead atoms. The molecule has 0 radical (unpaired) electrons. The van der Waals surface area contributed by atoms with Crippen molar-refractivity contribution < 1.29 is 18.3 Å². The minimum absolute atomic E-state index is 0.0926. The smallest absolute Gasteiger partial charge is 0.287 e. The summed E-state index contributed by atoms with van der Waals surface area (Å²) in [5, 5.41) is 11.5. The lowest BCUT2D eigenvalue weighted by Crippen LogP contribution is -2.55. The lowest BCUT2D eigenvalue weighted by molar-refractivity contribution is -0.131. The number of nitrogens with one attached hydrogen (secondary N) is 2. The van der Waals surface area contributed by atoms with Gasteiger partial charge in [-0.3, -0.25) is 4.79 Å². The van der Waals surface area contributed by atoms with Crippen molar-refractivity contribution in [2.45, 2.75) is 18.4 Å². The van der Waals surface area contributed by atoms with Gasteiger partial charge in [-0.05, 0) is 24.3 Å². The molecule has 1 fully saturated rings. The zero-order valence-electron chi connectivity index (χ0n) is 16.9. The number of alkyl halides is 2. The maximum Gasteiger partial charge on any atom is 0.287 e. The third kappa shape index (κ3) is 4.05. The van der Waals surface area contributed by atoms with Crippen LogP contribution in [-0.4, -0.2) is 54.2 Å². The van der Waals surface area contributed by atoms with Gasteiger partial charge in [0.25, 0.3) is 11.8 Å². The van der Waals surface area contributed by atoms with E-state index in [2.05, 4.69) is 10.3 Å². The van der Waals surface area contributed by atoms with Gasteiger partial charge in [-0.25, -0.2) is 13.8 Å². The Kier molecular flexibility index (Phi) is 5.54. The lowest BCUT2D eigenvalue weighted by atomic mass is 10.00. The third-order valence-corrected chi connectivity index (χ3v) is 5.45. The van der Waals surface area contributed by atoms with E-state index >= 15 is 0 Å². The summed E-state index contributed by atoms with van der Waals surface area (Å²) in [6.07, 6.45) is -0.942. The molecular weight excluding hydrogens is 402 g/mol. The Hall–Kier alpha value is -3.55. The van der Waals surface area contributed by atoms with Crippen molar-refractivity contribution >= 4 is 28.7 Å². The molecule has 31 heavy (non-hydrogen) atoms. The maximum absolute atomic E-state index is 14.6. The molecule has 1 aliphatic rings. The zero-order valence-corrected chi connectivity index (χ0v) is 16.9. The number of hydrogen-bond donors (Lipinski definition) is 2. The van der Waals surface area contributed by atoms with Gasteiger partial charge in [0.15, 0.2) is 6.10 Å². The Labute approximate surface area is 178 Å². The number of fused-ring (bicyclic) bond motifs is 1. The number of benzene rings is 2. The van der Waals surface area contributed by atoms with Gasteiger partial charge in [0.2, 0.25) is 5.88 Å². The van der Waals surface area contributed by atoms with Gasteiger partial charge in [-0.1, -0.05) is 24.3 Å². The van der Waals surface area contributed by atoms with E-state index in [1.807, 2.05) is 18.2 Å². The number of aromatic nitrogens is 1. The number of hydrogen-bond acceptors (Lipinski definition) is 5. The predicted octanol–water partition coefficient (Wildman–Crippen LogP) is 4.20. The summed E-state index contributed by atoms with van der Waals surface area (Å²) in [5.74, 6) is -3.41. The molecule has 1 atom stereocenters. The first-order chi connectivity index (χ1) is 14.9. The SMILES string of the molecule is CNc1cccc(C(=O)N2CCC(F)(F)C(Oc3ccc4ccccc4n3)C2)c1C=N. The number of para-hydroxylation sites is 1. The van der Waals surface area contributed by atoms with E-state index in [0.717, 1.165) is 11.6 Å². The number of anilines is 1. The molecule has 1 saturated heterocycles. The number of nitrogens with zero attached hydrogens (tertiary/aromatic N) is 2. The van der Waals surface area contributed by atoms with Crippen LogP contribution in [0, 0.1) is 5.41 Å². The number of pyridine rings is 1. The Bertz CT molecular complexity index is 1140. The molecule has 3 aromatic rings. The van der Waals surface area contributed by atoms with Crippen LogP contribution in [0.25, 0.3) is 10.9 Å². The normalized spacial score (nSPS) is 17.9. The van der Waals surface area contributed by atoms with Gasteiger partial charge >= 0.3 is 0 Å². The first-order valence-corrected chi connectivity index (χ1v) is 9.94. The number of amides is 1. The average Bonchev–Trinajstić information content (AvgIpc) is 2.79. The molecule has 6 nitrogen and oxygen atoms in total. The third-order valence-electron chi connectivity index (χ3n) is 5.45. The molecule has 1 amide bonds. The molecule has 0 saturated carbocycles. The van der Waals surface area contributed by atoms with Crippen molar-refractivity contribution in [3.63, 3.8) is 0 Å². The van der Waals surface area contributed by atoms with Crippen LogP contribution < -0.4 is 10.1 Å². The quantitative estimate of drug-likeness (QED) is 0.602. The number of piperidine rings is 1. The van der Waals surface area contributed by atoms with Crippen LogP contribution in [0.4, 0.5) is 14.5 Å². The fourth-order valence-electron chi connectivity index (χ4n) is 3.73. The van der Waals surface area contributed by atoms with Crippen molar-refractivity contribution in [2.24, 2.45) is 0 Å². The first kappa shape index (κ1) is 20.7. The van der Waals surface area contributed by atoms with Gasteiger partial charge < -0.3 is 20.4 Å². The molecule has 1 aromatic heterocycles. The standard InChI is InChI=1S/C23H22F2N4O2/c1-27-19-8-4-6-16(17(19)13-26)22(30)29-12-11-23(24,25)20(14-29)31-21-10-9-15-5-2-3-7-18(15)28-21/h2-10,13,20,26-27H,11-12,14H2,1H3. The topological polar surface area (TPSA) is 78.3 Å². The van der Waals surface area contributed by atoms with E-state index in [1.165, 1.54) is 4.90 Å². The summed E-state index contributed by atoms with van der Waals surface area (Å²) in [4.78, 5) is 18.8. The number of carbonyl (C=O) groups is 1. The van der Waals surface area contributed by atoms with Crippen LogP contribution in [0.15, 0.2) is 54.6 Å².